The van der Waals surface area contributed by atoms with Crippen LogP contribution in [0.25, 0.3) is 21.9 Å². The Morgan fingerprint density at radius 3 is 2.53 bits per heavy atom. The Labute approximate surface area is 214 Å². The van der Waals surface area contributed by atoms with Crippen molar-refractivity contribution >= 4 is 28.3 Å². The lowest BCUT2D eigenvalue weighted by molar-refractivity contribution is -0.145. The Kier molecular flexibility index (Phi) is 7.13. The number of aromatic nitrogens is 2. The summed E-state index contributed by atoms with van der Waals surface area (Å²) in [6.07, 6.45) is 3.53. The summed E-state index contributed by atoms with van der Waals surface area (Å²) in [4.78, 5) is 36.1. The second-order valence-corrected chi connectivity index (χ2v) is 9.44. The van der Waals surface area contributed by atoms with Crippen LogP contribution in [-0.2, 0) is 22.6 Å². The number of carbonyl (C=O) groups is 1. The van der Waals surface area contributed by atoms with Gasteiger partial charge in [0.25, 0.3) is 0 Å². The lowest BCUT2D eigenvalue weighted by atomic mass is 10.0. The number of piperazine rings is 1. The van der Waals surface area contributed by atoms with Crippen molar-refractivity contribution in [2.75, 3.05) is 26.8 Å². The van der Waals surface area contributed by atoms with Gasteiger partial charge in [-0.3, -0.25) is 19.5 Å². The van der Waals surface area contributed by atoms with Gasteiger partial charge >= 0.3 is 0 Å². The molecule has 2 aromatic carbocycles. The van der Waals surface area contributed by atoms with Gasteiger partial charge in [-0.1, -0.05) is 41.9 Å². The first-order valence-corrected chi connectivity index (χ1v) is 12.2. The molecule has 0 aliphatic carbocycles. The molecule has 0 unspecified atom stereocenters. The van der Waals surface area contributed by atoms with Gasteiger partial charge in [-0.2, -0.15) is 0 Å². The van der Waals surface area contributed by atoms with Crippen molar-refractivity contribution in [2.45, 2.75) is 19.1 Å². The molecule has 1 fully saturated rings. The summed E-state index contributed by atoms with van der Waals surface area (Å²) >= 11 is 6.09. The van der Waals surface area contributed by atoms with Gasteiger partial charge < -0.3 is 14.6 Å². The summed E-state index contributed by atoms with van der Waals surface area (Å²) < 4.78 is 5.43. The molecule has 0 spiro atoms. The number of carbonyl (C=O) groups excluding carboxylic acids is 1. The Balaban J connectivity index is 1.27. The Morgan fingerprint density at radius 1 is 0.972 bits per heavy atom. The quantitative estimate of drug-likeness (QED) is 0.411. The summed E-state index contributed by atoms with van der Waals surface area (Å²) in [5.74, 6) is 0.0559. The van der Waals surface area contributed by atoms with Gasteiger partial charge in [0.15, 0.2) is 0 Å². The van der Waals surface area contributed by atoms with Crippen LogP contribution in [0.1, 0.15) is 11.3 Å². The molecular formula is C28H27ClN4O3. The molecule has 0 radical (unpaired) electrons. The van der Waals surface area contributed by atoms with Crippen molar-refractivity contribution < 1.29 is 9.53 Å². The van der Waals surface area contributed by atoms with Gasteiger partial charge in [0.1, 0.15) is 6.04 Å². The number of H-pyrrole nitrogens is 1. The molecule has 7 nitrogen and oxygen atoms in total. The van der Waals surface area contributed by atoms with Crippen molar-refractivity contribution in [3.8, 4) is 11.1 Å². The first-order valence-electron chi connectivity index (χ1n) is 11.8. The zero-order valence-electron chi connectivity index (χ0n) is 20.0. The van der Waals surface area contributed by atoms with Gasteiger partial charge in [0.2, 0.25) is 11.5 Å². The number of ether oxygens (including phenoxy) is 1. The maximum atomic E-state index is 13.4. The van der Waals surface area contributed by atoms with Crippen LogP contribution in [0.4, 0.5) is 0 Å². The molecule has 0 bridgehead atoms. The van der Waals surface area contributed by atoms with E-state index in [9.17, 15) is 9.59 Å². The predicted molar refractivity (Wildman–Crippen MR) is 141 cm³/mol. The van der Waals surface area contributed by atoms with Crippen LogP contribution < -0.4 is 5.56 Å². The van der Waals surface area contributed by atoms with E-state index >= 15 is 0 Å². The van der Waals surface area contributed by atoms with E-state index in [0.717, 1.165) is 39.7 Å². The molecule has 1 amide bonds. The summed E-state index contributed by atoms with van der Waals surface area (Å²) in [7, 11) is 1.62. The number of hydrogen-bond acceptors (Lipinski definition) is 5. The van der Waals surface area contributed by atoms with Crippen LogP contribution in [0, 0.1) is 0 Å². The molecule has 1 aliphatic heterocycles. The topological polar surface area (TPSA) is 78.5 Å². The molecular weight excluding hydrogens is 476 g/mol. The molecule has 0 saturated carbocycles. The highest BCUT2D eigenvalue weighted by atomic mass is 35.5. The van der Waals surface area contributed by atoms with Gasteiger partial charge in [0, 0.05) is 62.2 Å². The maximum absolute atomic E-state index is 13.4. The third-order valence-corrected chi connectivity index (χ3v) is 6.80. The van der Waals surface area contributed by atoms with E-state index in [1.54, 1.807) is 19.4 Å². The SMILES string of the molecule is COC[C@H]1C(=O)N(Cc2ccc(-c3ccc(=O)[nH]c3)cc2)CCN1Cc1cc2ccc(Cl)cc2cn1. The fourth-order valence-electron chi connectivity index (χ4n) is 4.63. The van der Waals surface area contributed by atoms with Crippen LogP contribution in [0.3, 0.4) is 0 Å². The summed E-state index contributed by atoms with van der Waals surface area (Å²) in [5, 5.41) is 2.75. The van der Waals surface area contributed by atoms with Crippen LogP contribution >= 0.6 is 11.6 Å². The standard InChI is InChI=1S/C28H27ClN4O3/c1-36-18-26-28(35)33(16-19-2-4-20(5-3-19)22-7-9-27(34)31-14-22)11-10-32(26)17-25-13-21-6-8-24(29)12-23(21)15-30-25/h2-9,12-15,26H,10-11,16-18H2,1H3,(H,31,34)/t26-/m0/s1. The predicted octanol–water partition coefficient (Wildman–Crippen LogP) is 4.10. The van der Waals surface area contributed by atoms with Crippen molar-refractivity contribution in [3.05, 3.63) is 99.7 Å². The Bertz CT molecular complexity index is 1420. The first kappa shape index (κ1) is 24.2. The molecule has 4 aromatic rings. The molecule has 3 heterocycles. The largest absolute Gasteiger partial charge is 0.383 e. The molecule has 5 rings (SSSR count). The number of rotatable bonds is 7. The number of aromatic amines is 1. The monoisotopic (exact) mass is 502 g/mol. The number of halogens is 1. The highest BCUT2D eigenvalue weighted by Crippen LogP contribution is 2.23. The molecule has 1 N–H and O–H groups in total. The number of nitrogens with zero attached hydrogens (tertiary/aromatic N) is 3. The fraction of sp³-hybridized carbons (Fsp3) is 0.250. The van der Waals surface area contributed by atoms with Gasteiger partial charge in [-0.05, 0) is 46.3 Å². The normalized spacial score (nSPS) is 16.6. The first-order chi connectivity index (χ1) is 17.5. The minimum Gasteiger partial charge on any atom is -0.383 e. The lowest BCUT2D eigenvalue weighted by Crippen LogP contribution is -2.57. The number of pyridine rings is 2. The van der Waals surface area contributed by atoms with Crippen molar-refractivity contribution in [2.24, 2.45) is 0 Å². The fourth-order valence-corrected chi connectivity index (χ4v) is 4.81. The second kappa shape index (κ2) is 10.6. The number of amides is 1. The van der Waals surface area contributed by atoms with Crippen molar-refractivity contribution in [1.82, 2.24) is 19.8 Å². The summed E-state index contributed by atoms with van der Waals surface area (Å²) in [6, 6.07) is 18.8. The number of methoxy groups -OCH3 is 1. The molecule has 36 heavy (non-hydrogen) atoms. The molecule has 1 aliphatic rings. The average Bonchev–Trinajstić information content (AvgIpc) is 2.89. The minimum atomic E-state index is -0.369. The molecule has 1 saturated heterocycles. The van der Waals surface area contributed by atoms with E-state index in [4.69, 9.17) is 16.3 Å². The molecule has 184 valence electrons. The average molecular weight is 503 g/mol. The van der Waals surface area contributed by atoms with Gasteiger partial charge in [0.05, 0.1) is 12.3 Å². The van der Waals surface area contributed by atoms with Crippen LogP contribution in [-0.4, -0.2) is 58.5 Å². The van der Waals surface area contributed by atoms with E-state index in [-0.39, 0.29) is 17.5 Å². The number of nitrogens with one attached hydrogen (secondary N) is 1. The van der Waals surface area contributed by atoms with Crippen LogP contribution in [0.2, 0.25) is 5.02 Å². The molecule has 8 heteroatoms. The van der Waals surface area contributed by atoms with E-state index in [0.29, 0.717) is 31.3 Å². The van der Waals surface area contributed by atoms with Crippen LogP contribution in [0.5, 0.6) is 0 Å². The van der Waals surface area contributed by atoms with Crippen molar-refractivity contribution in [1.29, 1.82) is 0 Å². The smallest absolute Gasteiger partial charge is 0.247 e. The van der Waals surface area contributed by atoms with E-state index in [1.807, 2.05) is 53.6 Å². The zero-order chi connectivity index (χ0) is 25.1. The summed E-state index contributed by atoms with van der Waals surface area (Å²) in [5.41, 5.74) is 3.78. The Hall–Kier alpha value is -3.52. The number of fused-ring (bicyclic) bond motifs is 1. The Morgan fingerprint density at radius 2 is 1.78 bits per heavy atom. The summed E-state index contributed by atoms with van der Waals surface area (Å²) in [6.45, 7) is 2.79. The zero-order valence-corrected chi connectivity index (χ0v) is 20.7. The maximum Gasteiger partial charge on any atom is 0.247 e. The highest BCUT2D eigenvalue weighted by molar-refractivity contribution is 6.31. The second-order valence-electron chi connectivity index (χ2n) is 9.01. The molecule has 1 atom stereocenters. The van der Waals surface area contributed by atoms with Gasteiger partial charge in [-0.15, -0.1) is 0 Å². The third-order valence-electron chi connectivity index (χ3n) is 6.57. The minimum absolute atomic E-state index is 0.0559. The van der Waals surface area contributed by atoms with Gasteiger partial charge in [-0.25, -0.2) is 0 Å². The van der Waals surface area contributed by atoms with E-state index in [1.165, 1.54) is 6.07 Å². The number of benzene rings is 2. The molecule has 2 aromatic heterocycles. The third kappa shape index (κ3) is 5.33. The van der Waals surface area contributed by atoms with Crippen LogP contribution in [0.15, 0.2) is 77.9 Å². The lowest BCUT2D eigenvalue weighted by Gasteiger charge is -2.40. The number of hydrogen-bond donors (Lipinski definition) is 1. The van der Waals surface area contributed by atoms with Crippen molar-refractivity contribution in [3.63, 3.8) is 0 Å². The van der Waals surface area contributed by atoms with E-state index < -0.39 is 0 Å². The van der Waals surface area contributed by atoms with E-state index in [2.05, 4.69) is 20.9 Å². The highest BCUT2D eigenvalue weighted by Gasteiger charge is 2.34.